The maximum Gasteiger partial charge on any atom is 0.254 e. The smallest absolute Gasteiger partial charge is 0.254 e. The van der Waals surface area contributed by atoms with Crippen molar-refractivity contribution < 1.29 is 9.90 Å². The Hall–Kier alpha value is -1.39. The molecule has 1 N–H and O–H groups in total. The molecule has 4 nitrogen and oxygen atoms in total. The summed E-state index contributed by atoms with van der Waals surface area (Å²) in [6.45, 7) is 1.33. The number of aliphatic hydroxyl groups excluding tert-OH is 1. The van der Waals surface area contributed by atoms with Gasteiger partial charge in [0.1, 0.15) is 0 Å². The largest absolute Gasteiger partial charge is 0.395 e. The van der Waals surface area contributed by atoms with E-state index in [0.29, 0.717) is 12.6 Å². The van der Waals surface area contributed by atoms with Crippen LogP contribution in [-0.2, 0) is 6.54 Å². The van der Waals surface area contributed by atoms with Crippen molar-refractivity contribution in [2.75, 3.05) is 27.2 Å². The maximum absolute atomic E-state index is 12.7. The van der Waals surface area contributed by atoms with Crippen molar-refractivity contribution >= 4 is 5.91 Å². The SMILES string of the molecule is CN(C)Cc1ccc(C(=O)N(CCO)C2CCCC2)cc1. The molecule has 21 heavy (non-hydrogen) atoms. The lowest BCUT2D eigenvalue weighted by atomic mass is 10.1. The van der Waals surface area contributed by atoms with Crippen LogP contribution in [0.3, 0.4) is 0 Å². The van der Waals surface area contributed by atoms with Gasteiger partial charge in [0.25, 0.3) is 5.91 Å². The monoisotopic (exact) mass is 290 g/mol. The van der Waals surface area contributed by atoms with E-state index < -0.39 is 0 Å². The summed E-state index contributed by atoms with van der Waals surface area (Å²) in [7, 11) is 4.06. The molecule has 0 atom stereocenters. The summed E-state index contributed by atoms with van der Waals surface area (Å²) in [5.74, 6) is 0.0485. The molecule has 0 aliphatic heterocycles. The molecule has 0 spiro atoms. The number of hydrogen-bond donors (Lipinski definition) is 1. The molecule has 0 unspecified atom stereocenters. The number of carbonyl (C=O) groups excluding carboxylic acids is 1. The van der Waals surface area contributed by atoms with Gasteiger partial charge in [0.15, 0.2) is 0 Å². The van der Waals surface area contributed by atoms with E-state index in [1.807, 2.05) is 43.3 Å². The van der Waals surface area contributed by atoms with Crippen molar-refractivity contribution in [1.82, 2.24) is 9.80 Å². The number of benzene rings is 1. The van der Waals surface area contributed by atoms with Gasteiger partial charge >= 0.3 is 0 Å². The molecule has 0 heterocycles. The molecule has 1 saturated carbocycles. The first kappa shape index (κ1) is 16.0. The summed E-state index contributed by atoms with van der Waals surface area (Å²) in [5, 5.41) is 9.24. The maximum atomic E-state index is 12.7. The second kappa shape index (κ2) is 7.57. The summed E-state index contributed by atoms with van der Waals surface area (Å²) < 4.78 is 0. The average molecular weight is 290 g/mol. The van der Waals surface area contributed by atoms with Crippen molar-refractivity contribution in [1.29, 1.82) is 0 Å². The minimum atomic E-state index is 0.0287. The molecule has 116 valence electrons. The molecule has 2 rings (SSSR count). The van der Waals surface area contributed by atoms with Crippen LogP contribution in [0.5, 0.6) is 0 Å². The van der Waals surface area contributed by atoms with Crippen LogP contribution in [0.4, 0.5) is 0 Å². The van der Waals surface area contributed by atoms with Gasteiger partial charge in [-0.2, -0.15) is 0 Å². The average Bonchev–Trinajstić information content (AvgIpc) is 2.98. The predicted molar refractivity (Wildman–Crippen MR) is 84.2 cm³/mol. The van der Waals surface area contributed by atoms with Gasteiger partial charge in [-0.15, -0.1) is 0 Å². The molecule has 1 aromatic rings. The molecular weight excluding hydrogens is 264 g/mol. The van der Waals surface area contributed by atoms with Crippen molar-refractivity contribution in [2.24, 2.45) is 0 Å². The van der Waals surface area contributed by atoms with Gasteiger partial charge in [-0.3, -0.25) is 4.79 Å². The van der Waals surface area contributed by atoms with E-state index in [9.17, 15) is 9.90 Å². The minimum absolute atomic E-state index is 0.0287. The minimum Gasteiger partial charge on any atom is -0.395 e. The third kappa shape index (κ3) is 4.29. The molecule has 0 aromatic heterocycles. The van der Waals surface area contributed by atoms with Crippen molar-refractivity contribution in [3.8, 4) is 0 Å². The molecule has 0 radical (unpaired) electrons. The first-order valence-electron chi connectivity index (χ1n) is 7.77. The van der Waals surface area contributed by atoms with Gasteiger partial charge in [0, 0.05) is 24.7 Å². The fraction of sp³-hybridized carbons (Fsp3) is 0.588. The highest BCUT2D eigenvalue weighted by Gasteiger charge is 2.26. The Morgan fingerprint density at radius 2 is 1.81 bits per heavy atom. The van der Waals surface area contributed by atoms with E-state index >= 15 is 0 Å². The highest BCUT2D eigenvalue weighted by Crippen LogP contribution is 2.24. The van der Waals surface area contributed by atoms with E-state index in [4.69, 9.17) is 0 Å². The summed E-state index contributed by atoms with van der Waals surface area (Å²) in [4.78, 5) is 16.6. The Bertz CT molecular complexity index is 450. The van der Waals surface area contributed by atoms with E-state index in [1.165, 1.54) is 18.4 Å². The third-order valence-corrected chi connectivity index (χ3v) is 4.07. The standard InChI is InChI=1S/C17H26N2O2/c1-18(2)13-14-7-9-15(10-8-14)17(21)19(11-12-20)16-5-3-4-6-16/h7-10,16,20H,3-6,11-13H2,1-2H3. The first-order valence-corrected chi connectivity index (χ1v) is 7.77. The van der Waals surface area contributed by atoms with Crippen LogP contribution in [0.15, 0.2) is 24.3 Å². The predicted octanol–water partition coefficient (Wildman–Crippen LogP) is 2.13. The zero-order chi connectivity index (χ0) is 15.2. The summed E-state index contributed by atoms with van der Waals surface area (Å²) in [5.41, 5.74) is 1.92. The molecule has 0 bridgehead atoms. The fourth-order valence-corrected chi connectivity index (χ4v) is 3.06. The van der Waals surface area contributed by atoms with Gasteiger partial charge < -0.3 is 14.9 Å². The van der Waals surface area contributed by atoms with Crippen molar-refractivity contribution in [3.05, 3.63) is 35.4 Å². The van der Waals surface area contributed by atoms with Gasteiger partial charge in [-0.25, -0.2) is 0 Å². The normalized spacial score (nSPS) is 15.6. The summed E-state index contributed by atoms with van der Waals surface area (Å²) in [6, 6.07) is 8.13. The number of rotatable bonds is 6. The van der Waals surface area contributed by atoms with Crippen LogP contribution in [0.25, 0.3) is 0 Å². The molecule has 1 fully saturated rings. The Balaban J connectivity index is 2.08. The summed E-state index contributed by atoms with van der Waals surface area (Å²) in [6.07, 6.45) is 4.48. The zero-order valence-electron chi connectivity index (χ0n) is 13.1. The Kier molecular flexibility index (Phi) is 5.76. The Labute approximate surface area is 127 Å². The topological polar surface area (TPSA) is 43.8 Å². The van der Waals surface area contributed by atoms with Gasteiger partial charge in [0.2, 0.25) is 0 Å². The van der Waals surface area contributed by atoms with Crippen molar-refractivity contribution in [2.45, 2.75) is 38.3 Å². The molecule has 1 aromatic carbocycles. The Morgan fingerprint density at radius 3 is 2.33 bits per heavy atom. The van der Waals surface area contributed by atoms with Gasteiger partial charge in [-0.05, 0) is 44.6 Å². The van der Waals surface area contributed by atoms with Crippen LogP contribution in [0.1, 0.15) is 41.6 Å². The molecule has 4 heteroatoms. The van der Waals surface area contributed by atoms with Crippen LogP contribution in [0.2, 0.25) is 0 Å². The van der Waals surface area contributed by atoms with E-state index in [0.717, 1.165) is 24.9 Å². The number of hydrogen-bond acceptors (Lipinski definition) is 3. The van der Waals surface area contributed by atoms with Crippen molar-refractivity contribution in [3.63, 3.8) is 0 Å². The Morgan fingerprint density at radius 1 is 1.19 bits per heavy atom. The molecular formula is C17H26N2O2. The number of amides is 1. The lowest BCUT2D eigenvalue weighted by molar-refractivity contribution is 0.0638. The van der Waals surface area contributed by atoms with E-state index in [1.54, 1.807) is 0 Å². The molecule has 1 amide bonds. The zero-order valence-corrected chi connectivity index (χ0v) is 13.1. The van der Waals surface area contributed by atoms with Gasteiger partial charge in [-0.1, -0.05) is 25.0 Å². The van der Waals surface area contributed by atoms with E-state index in [2.05, 4.69) is 4.90 Å². The second-order valence-corrected chi connectivity index (χ2v) is 6.10. The summed E-state index contributed by atoms with van der Waals surface area (Å²) >= 11 is 0. The van der Waals surface area contributed by atoms with Crippen LogP contribution in [0, 0.1) is 0 Å². The number of carbonyl (C=O) groups is 1. The van der Waals surface area contributed by atoms with Crippen LogP contribution in [-0.4, -0.2) is 54.1 Å². The van der Waals surface area contributed by atoms with Crippen LogP contribution >= 0.6 is 0 Å². The highest BCUT2D eigenvalue weighted by molar-refractivity contribution is 5.94. The highest BCUT2D eigenvalue weighted by atomic mass is 16.3. The first-order chi connectivity index (χ1) is 10.1. The third-order valence-electron chi connectivity index (χ3n) is 4.07. The molecule has 0 saturated heterocycles. The number of aliphatic hydroxyl groups is 1. The lowest BCUT2D eigenvalue weighted by Crippen LogP contribution is -2.40. The lowest BCUT2D eigenvalue weighted by Gasteiger charge is -2.28. The molecule has 1 aliphatic carbocycles. The molecule has 1 aliphatic rings. The second-order valence-electron chi connectivity index (χ2n) is 6.10. The van der Waals surface area contributed by atoms with Crippen LogP contribution < -0.4 is 0 Å². The van der Waals surface area contributed by atoms with Gasteiger partial charge in [0.05, 0.1) is 6.61 Å². The number of nitrogens with zero attached hydrogens (tertiary/aromatic N) is 2. The quantitative estimate of drug-likeness (QED) is 0.873. The van der Waals surface area contributed by atoms with E-state index in [-0.39, 0.29) is 12.5 Å². The fourth-order valence-electron chi connectivity index (χ4n) is 3.06.